The first kappa shape index (κ1) is 13.0. The van der Waals surface area contributed by atoms with Gasteiger partial charge in [-0.05, 0) is 42.5 Å². The van der Waals surface area contributed by atoms with Gasteiger partial charge in [-0.3, -0.25) is 4.79 Å². The molecule has 3 nitrogen and oxygen atoms in total. The Hall–Kier alpha value is -1.06. The van der Waals surface area contributed by atoms with Crippen LogP contribution < -0.4 is 11.1 Å². The molecule has 0 bridgehead atoms. The Kier molecular flexibility index (Phi) is 3.94. The molecule has 0 heterocycles. The van der Waals surface area contributed by atoms with Crippen LogP contribution in [-0.4, -0.2) is 13.0 Å². The SMILES string of the molecule is CNC(=O)c1ccc2c(c1C)CC[C@@H]2N.Cl. The maximum atomic E-state index is 11.6. The number of fused-ring (bicyclic) bond motifs is 1. The lowest BCUT2D eigenvalue weighted by Crippen LogP contribution is -2.19. The van der Waals surface area contributed by atoms with Crippen LogP contribution in [0.4, 0.5) is 0 Å². The van der Waals surface area contributed by atoms with Crippen LogP contribution >= 0.6 is 12.4 Å². The number of carbonyl (C=O) groups excluding carboxylic acids is 1. The van der Waals surface area contributed by atoms with Gasteiger partial charge in [0.25, 0.3) is 5.91 Å². The lowest BCUT2D eigenvalue weighted by molar-refractivity contribution is 0.0962. The number of rotatable bonds is 1. The van der Waals surface area contributed by atoms with Crippen LogP contribution in [0.2, 0.25) is 0 Å². The molecular formula is C12H17ClN2O. The van der Waals surface area contributed by atoms with E-state index in [0.717, 1.165) is 24.0 Å². The predicted molar refractivity (Wildman–Crippen MR) is 67.1 cm³/mol. The van der Waals surface area contributed by atoms with Crippen molar-refractivity contribution >= 4 is 18.3 Å². The van der Waals surface area contributed by atoms with Crippen molar-refractivity contribution in [2.75, 3.05) is 7.05 Å². The summed E-state index contributed by atoms with van der Waals surface area (Å²) >= 11 is 0. The molecule has 0 spiro atoms. The first-order valence-corrected chi connectivity index (χ1v) is 5.25. The molecule has 3 N–H and O–H groups in total. The predicted octanol–water partition coefficient (Wildman–Crippen LogP) is 1.72. The number of halogens is 1. The molecule has 1 aliphatic rings. The maximum absolute atomic E-state index is 11.6. The average Bonchev–Trinajstić information content (AvgIpc) is 2.61. The van der Waals surface area contributed by atoms with Gasteiger partial charge in [0.1, 0.15) is 0 Å². The Labute approximate surface area is 102 Å². The zero-order valence-corrected chi connectivity index (χ0v) is 10.4. The summed E-state index contributed by atoms with van der Waals surface area (Å²) in [7, 11) is 1.65. The monoisotopic (exact) mass is 240 g/mol. The third kappa shape index (κ3) is 1.93. The molecule has 1 amide bonds. The highest BCUT2D eigenvalue weighted by atomic mass is 35.5. The minimum atomic E-state index is -0.0178. The summed E-state index contributed by atoms with van der Waals surface area (Å²) < 4.78 is 0. The summed E-state index contributed by atoms with van der Waals surface area (Å²) in [6.07, 6.45) is 1.99. The smallest absolute Gasteiger partial charge is 0.251 e. The molecular weight excluding hydrogens is 224 g/mol. The van der Waals surface area contributed by atoms with Crippen molar-refractivity contribution in [2.24, 2.45) is 5.73 Å². The van der Waals surface area contributed by atoms with Crippen LogP contribution in [0.25, 0.3) is 0 Å². The number of carbonyl (C=O) groups is 1. The summed E-state index contributed by atoms with van der Waals surface area (Å²) in [5.41, 5.74) is 10.3. The molecule has 1 atom stereocenters. The molecule has 88 valence electrons. The normalized spacial score (nSPS) is 17.6. The third-order valence-electron chi connectivity index (χ3n) is 3.21. The van der Waals surface area contributed by atoms with Gasteiger partial charge < -0.3 is 11.1 Å². The van der Waals surface area contributed by atoms with Crippen molar-refractivity contribution in [3.05, 3.63) is 34.4 Å². The summed E-state index contributed by atoms with van der Waals surface area (Å²) in [6.45, 7) is 2.00. The Morgan fingerprint density at radius 2 is 2.19 bits per heavy atom. The van der Waals surface area contributed by atoms with Gasteiger partial charge in [-0.2, -0.15) is 0 Å². The van der Waals surface area contributed by atoms with E-state index in [1.165, 1.54) is 11.1 Å². The quantitative estimate of drug-likeness (QED) is 0.786. The van der Waals surface area contributed by atoms with E-state index in [0.29, 0.717) is 0 Å². The van der Waals surface area contributed by atoms with Crippen LogP contribution in [0.1, 0.15) is 39.5 Å². The van der Waals surface area contributed by atoms with Crippen LogP contribution in [0.5, 0.6) is 0 Å². The zero-order chi connectivity index (χ0) is 11.0. The zero-order valence-electron chi connectivity index (χ0n) is 9.54. The molecule has 0 fully saturated rings. The number of hydrogen-bond donors (Lipinski definition) is 2. The second-order valence-corrected chi connectivity index (χ2v) is 4.03. The van der Waals surface area contributed by atoms with Gasteiger partial charge in [0.2, 0.25) is 0 Å². The highest BCUT2D eigenvalue weighted by molar-refractivity contribution is 5.96. The van der Waals surface area contributed by atoms with Gasteiger partial charge in [-0.25, -0.2) is 0 Å². The van der Waals surface area contributed by atoms with Crippen LogP contribution in [0, 0.1) is 6.92 Å². The Morgan fingerprint density at radius 3 is 2.81 bits per heavy atom. The van der Waals surface area contributed by atoms with E-state index in [2.05, 4.69) is 5.32 Å². The fraction of sp³-hybridized carbons (Fsp3) is 0.417. The van der Waals surface area contributed by atoms with Crippen molar-refractivity contribution in [3.63, 3.8) is 0 Å². The van der Waals surface area contributed by atoms with Crippen LogP contribution in [0.3, 0.4) is 0 Å². The Bertz CT molecular complexity index is 418. The van der Waals surface area contributed by atoms with Crippen molar-refractivity contribution in [3.8, 4) is 0 Å². The summed E-state index contributed by atoms with van der Waals surface area (Å²) in [4.78, 5) is 11.6. The largest absolute Gasteiger partial charge is 0.355 e. The minimum absolute atomic E-state index is 0. The standard InChI is InChI=1S/C12H16N2O.ClH/c1-7-8-5-6-11(13)10(8)4-3-9(7)12(15)14-2;/h3-4,11H,5-6,13H2,1-2H3,(H,14,15);1H/t11-;/m0./s1. The van der Waals surface area contributed by atoms with E-state index in [9.17, 15) is 4.79 Å². The fourth-order valence-electron chi connectivity index (χ4n) is 2.29. The molecule has 0 saturated carbocycles. The van der Waals surface area contributed by atoms with Crippen LogP contribution in [-0.2, 0) is 6.42 Å². The molecule has 1 aromatic carbocycles. The van der Waals surface area contributed by atoms with Crippen molar-refractivity contribution in [2.45, 2.75) is 25.8 Å². The first-order chi connectivity index (χ1) is 7.15. The van der Waals surface area contributed by atoms with Gasteiger partial charge >= 0.3 is 0 Å². The van der Waals surface area contributed by atoms with Crippen molar-refractivity contribution < 1.29 is 4.79 Å². The molecule has 0 aromatic heterocycles. The topological polar surface area (TPSA) is 55.1 Å². The van der Waals surface area contributed by atoms with Crippen molar-refractivity contribution in [1.82, 2.24) is 5.32 Å². The molecule has 0 aliphatic heterocycles. The summed E-state index contributed by atoms with van der Waals surface area (Å²) in [5, 5.41) is 2.65. The van der Waals surface area contributed by atoms with Gasteiger partial charge in [0.15, 0.2) is 0 Å². The molecule has 4 heteroatoms. The fourth-order valence-corrected chi connectivity index (χ4v) is 2.29. The molecule has 0 unspecified atom stereocenters. The van der Waals surface area contributed by atoms with Gasteiger partial charge in [0.05, 0.1) is 0 Å². The number of nitrogens with two attached hydrogens (primary N) is 1. The molecule has 0 radical (unpaired) electrons. The van der Waals surface area contributed by atoms with Gasteiger partial charge in [-0.1, -0.05) is 6.07 Å². The number of amides is 1. The first-order valence-electron chi connectivity index (χ1n) is 5.25. The van der Waals surface area contributed by atoms with E-state index < -0.39 is 0 Å². The number of benzene rings is 1. The minimum Gasteiger partial charge on any atom is -0.355 e. The van der Waals surface area contributed by atoms with E-state index >= 15 is 0 Å². The van der Waals surface area contributed by atoms with E-state index in [-0.39, 0.29) is 24.4 Å². The van der Waals surface area contributed by atoms with E-state index in [4.69, 9.17) is 5.73 Å². The van der Waals surface area contributed by atoms with Gasteiger partial charge in [0, 0.05) is 18.7 Å². The van der Waals surface area contributed by atoms with Crippen molar-refractivity contribution in [1.29, 1.82) is 0 Å². The van der Waals surface area contributed by atoms with Gasteiger partial charge in [-0.15, -0.1) is 12.4 Å². The summed E-state index contributed by atoms with van der Waals surface area (Å²) in [6, 6.07) is 4.01. The number of hydrogen-bond acceptors (Lipinski definition) is 2. The molecule has 16 heavy (non-hydrogen) atoms. The Balaban J connectivity index is 0.00000128. The van der Waals surface area contributed by atoms with E-state index in [1.54, 1.807) is 7.05 Å². The lowest BCUT2D eigenvalue weighted by Gasteiger charge is -2.11. The summed E-state index contributed by atoms with van der Waals surface area (Å²) in [5.74, 6) is -0.0178. The second-order valence-electron chi connectivity index (χ2n) is 4.03. The second kappa shape index (κ2) is 4.85. The highest BCUT2D eigenvalue weighted by Gasteiger charge is 2.23. The van der Waals surface area contributed by atoms with E-state index in [1.807, 2.05) is 19.1 Å². The third-order valence-corrected chi connectivity index (χ3v) is 3.21. The van der Waals surface area contributed by atoms with Crippen LogP contribution in [0.15, 0.2) is 12.1 Å². The maximum Gasteiger partial charge on any atom is 0.251 e. The lowest BCUT2D eigenvalue weighted by atomic mass is 9.97. The molecule has 0 saturated heterocycles. The highest BCUT2D eigenvalue weighted by Crippen LogP contribution is 2.32. The average molecular weight is 241 g/mol. The molecule has 1 aliphatic carbocycles. The Morgan fingerprint density at radius 1 is 1.50 bits per heavy atom. The number of nitrogens with one attached hydrogen (secondary N) is 1. The molecule has 1 aromatic rings. The molecule has 2 rings (SSSR count).